The normalized spacial score (nSPS) is 11.7. The third-order valence-corrected chi connectivity index (χ3v) is 2.86. The van der Waals surface area contributed by atoms with Crippen molar-refractivity contribution in [2.45, 2.75) is 26.8 Å². The average Bonchev–Trinajstić information content (AvgIpc) is 2.85. The van der Waals surface area contributed by atoms with Crippen molar-refractivity contribution in [3.05, 3.63) is 36.2 Å². The Bertz CT molecular complexity index is 663. The van der Waals surface area contributed by atoms with Gasteiger partial charge in [0.15, 0.2) is 0 Å². The van der Waals surface area contributed by atoms with E-state index in [0.29, 0.717) is 24.3 Å². The molecule has 1 heterocycles. The molecule has 7 heteroatoms. The van der Waals surface area contributed by atoms with Crippen LogP contribution in [-0.2, 0) is 6.54 Å². The lowest BCUT2D eigenvalue weighted by Gasteiger charge is -2.12. The molecule has 0 radical (unpaired) electrons. The number of ether oxygens (including phenoxy) is 1. The molecule has 0 aliphatic carbocycles. The van der Waals surface area contributed by atoms with Crippen LogP contribution in [0.25, 0.3) is 11.1 Å². The Balaban J connectivity index is 2.42. The summed E-state index contributed by atoms with van der Waals surface area (Å²) in [5.74, 6) is -0.0119. The first-order chi connectivity index (χ1) is 10.3. The van der Waals surface area contributed by atoms with Gasteiger partial charge in [-0.15, -0.1) is 13.2 Å². The van der Waals surface area contributed by atoms with Crippen LogP contribution in [0.5, 0.6) is 5.75 Å². The highest BCUT2D eigenvalue weighted by atomic mass is 19.4. The largest absolute Gasteiger partial charge is 0.573 e. The van der Waals surface area contributed by atoms with Crippen molar-refractivity contribution in [3.63, 3.8) is 0 Å². The van der Waals surface area contributed by atoms with Crippen LogP contribution in [-0.4, -0.2) is 22.4 Å². The second-order valence-electron chi connectivity index (χ2n) is 5.27. The first-order valence-electron chi connectivity index (χ1n) is 6.66. The van der Waals surface area contributed by atoms with Crippen LogP contribution in [0.1, 0.15) is 24.2 Å². The number of carbonyl (C=O) groups excluding carboxylic acids is 1. The molecular formula is C15H15F3N2O2. The van der Waals surface area contributed by atoms with Gasteiger partial charge in [-0.25, -0.2) is 0 Å². The summed E-state index contributed by atoms with van der Waals surface area (Å²) >= 11 is 0. The second kappa shape index (κ2) is 6.21. The van der Waals surface area contributed by atoms with E-state index in [0.717, 1.165) is 6.07 Å². The number of alkyl halides is 3. The van der Waals surface area contributed by atoms with Crippen molar-refractivity contribution in [2.75, 3.05) is 0 Å². The van der Waals surface area contributed by atoms with E-state index in [1.54, 1.807) is 10.9 Å². The van der Waals surface area contributed by atoms with Gasteiger partial charge in [-0.05, 0) is 24.1 Å². The Morgan fingerprint density at radius 3 is 2.68 bits per heavy atom. The highest BCUT2D eigenvalue weighted by Crippen LogP contribution is 2.34. The molecule has 0 atom stereocenters. The predicted octanol–water partition coefficient (Wildman–Crippen LogP) is 3.92. The van der Waals surface area contributed by atoms with Gasteiger partial charge in [0.25, 0.3) is 0 Å². The summed E-state index contributed by atoms with van der Waals surface area (Å²) in [6.45, 7) is 4.65. The fraction of sp³-hybridized carbons (Fsp3) is 0.333. The first kappa shape index (κ1) is 16.1. The Morgan fingerprint density at radius 1 is 1.36 bits per heavy atom. The van der Waals surface area contributed by atoms with Gasteiger partial charge in [-0.1, -0.05) is 13.8 Å². The SMILES string of the molecule is CC(C)Cn1cc(-c2cc(C=O)ccc2OC(F)(F)F)cn1. The van der Waals surface area contributed by atoms with Crippen molar-refractivity contribution in [2.24, 2.45) is 5.92 Å². The van der Waals surface area contributed by atoms with E-state index in [2.05, 4.69) is 9.84 Å². The number of halogens is 3. The number of hydrogen-bond donors (Lipinski definition) is 0. The zero-order valence-corrected chi connectivity index (χ0v) is 12.1. The zero-order valence-electron chi connectivity index (χ0n) is 12.1. The van der Waals surface area contributed by atoms with Gasteiger partial charge in [-0.2, -0.15) is 5.10 Å². The van der Waals surface area contributed by atoms with Crippen LogP contribution in [0, 0.1) is 5.92 Å². The lowest BCUT2D eigenvalue weighted by molar-refractivity contribution is -0.274. The minimum atomic E-state index is -4.80. The fourth-order valence-corrected chi connectivity index (χ4v) is 2.04. The standard InChI is InChI=1S/C15H15F3N2O2/c1-10(2)7-20-8-12(6-19-20)13-5-11(9-21)3-4-14(13)22-15(16,17)18/h3-6,8-10H,7H2,1-2H3. The van der Waals surface area contributed by atoms with Gasteiger partial charge < -0.3 is 4.74 Å². The lowest BCUT2D eigenvalue weighted by Crippen LogP contribution is -2.17. The van der Waals surface area contributed by atoms with E-state index in [9.17, 15) is 18.0 Å². The number of aldehydes is 1. The maximum atomic E-state index is 12.5. The molecule has 22 heavy (non-hydrogen) atoms. The summed E-state index contributed by atoms with van der Waals surface area (Å²) in [4.78, 5) is 10.9. The molecule has 0 amide bonds. The van der Waals surface area contributed by atoms with E-state index in [1.807, 2.05) is 13.8 Å². The molecule has 2 rings (SSSR count). The highest BCUT2D eigenvalue weighted by Gasteiger charge is 2.32. The molecule has 0 unspecified atom stereocenters. The molecule has 118 valence electrons. The van der Waals surface area contributed by atoms with Crippen molar-refractivity contribution in [3.8, 4) is 16.9 Å². The van der Waals surface area contributed by atoms with Crippen LogP contribution >= 0.6 is 0 Å². The van der Waals surface area contributed by atoms with Crippen molar-refractivity contribution < 1.29 is 22.7 Å². The molecule has 0 bridgehead atoms. The summed E-state index contributed by atoms with van der Waals surface area (Å²) in [5.41, 5.74) is 0.904. The van der Waals surface area contributed by atoms with Gasteiger partial charge >= 0.3 is 6.36 Å². The van der Waals surface area contributed by atoms with Crippen LogP contribution in [0.4, 0.5) is 13.2 Å². The van der Waals surface area contributed by atoms with Gasteiger partial charge in [0.1, 0.15) is 12.0 Å². The Morgan fingerprint density at radius 2 is 2.09 bits per heavy atom. The Labute approximate surface area is 125 Å². The summed E-state index contributed by atoms with van der Waals surface area (Å²) < 4.78 is 43.1. The molecule has 0 saturated heterocycles. The smallest absolute Gasteiger partial charge is 0.405 e. The predicted molar refractivity (Wildman–Crippen MR) is 74.6 cm³/mol. The summed E-state index contributed by atoms with van der Waals surface area (Å²) in [6.07, 6.45) is -1.15. The van der Waals surface area contributed by atoms with Gasteiger partial charge in [0, 0.05) is 29.4 Å². The van der Waals surface area contributed by atoms with Crippen molar-refractivity contribution in [1.29, 1.82) is 0 Å². The van der Waals surface area contributed by atoms with E-state index in [-0.39, 0.29) is 16.9 Å². The van der Waals surface area contributed by atoms with Crippen LogP contribution in [0.2, 0.25) is 0 Å². The molecular weight excluding hydrogens is 297 g/mol. The number of aromatic nitrogens is 2. The van der Waals surface area contributed by atoms with E-state index >= 15 is 0 Å². The molecule has 0 aliphatic rings. The van der Waals surface area contributed by atoms with E-state index < -0.39 is 6.36 Å². The summed E-state index contributed by atoms with van der Waals surface area (Å²) in [7, 11) is 0. The number of hydrogen-bond acceptors (Lipinski definition) is 3. The maximum Gasteiger partial charge on any atom is 0.573 e. The highest BCUT2D eigenvalue weighted by molar-refractivity contribution is 5.81. The van der Waals surface area contributed by atoms with Crippen molar-refractivity contribution in [1.82, 2.24) is 9.78 Å². The zero-order chi connectivity index (χ0) is 16.3. The molecule has 0 fully saturated rings. The molecule has 1 aromatic carbocycles. The van der Waals surface area contributed by atoms with Crippen LogP contribution in [0.3, 0.4) is 0 Å². The number of rotatable bonds is 5. The molecule has 0 N–H and O–H groups in total. The maximum absolute atomic E-state index is 12.5. The third kappa shape index (κ3) is 4.09. The average molecular weight is 312 g/mol. The molecule has 0 spiro atoms. The van der Waals surface area contributed by atoms with Crippen molar-refractivity contribution >= 4 is 6.29 Å². The van der Waals surface area contributed by atoms with Gasteiger partial charge in [0.2, 0.25) is 0 Å². The molecule has 0 aliphatic heterocycles. The molecule has 2 aromatic rings. The fourth-order valence-electron chi connectivity index (χ4n) is 2.04. The number of nitrogens with zero attached hydrogens (tertiary/aromatic N) is 2. The Hall–Kier alpha value is -2.31. The first-order valence-corrected chi connectivity index (χ1v) is 6.66. The minimum absolute atomic E-state index is 0.178. The summed E-state index contributed by atoms with van der Waals surface area (Å²) in [5, 5.41) is 4.12. The van der Waals surface area contributed by atoms with Gasteiger partial charge in [-0.3, -0.25) is 9.48 Å². The topological polar surface area (TPSA) is 44.1 Å². The molecule has 0 saturated carbocycles. The minimum Gasteiger partial charge on any atom is -0.405 e. The summed E-state index contributed by atoms with van der Waals surface area (Å²) in [6, 6.07) is 3.76. The second-order valence-corrected chi connectivity index (χ2v) is 5.27. The van der Waals surface area contributed by atoms with E-state index in [1.165, 1.54) is 18.3 Å². The van der Waals surface area contributed by atoms with Crippen LogP contribution in [0.15, 0.2) is 30.6 Å². The number of carbonyl (C=O) groups is 1. The quantitative estimate of drug-likeness (QED) is 0.786. The number of benzene rings is 1. The van der Waals surface area contributed by atoms with Crippen LogP contribution < -0.4 is 4.74 Å². The molecule has 1 aromatic heterocycles. The third-order valence-electron chi connectivity index (χ3n) is 2.86. The Kier molecular flexibility index (Phi) is 4.54. The monoisotopic (exact) mass is 312 g/mol. The lowest BCUT2D eigenvalue weighted by atomic mass is 10.1. The van der Waals surface area contributed by atoms with E-state index in [4.69, 9.17) is 0 Å². The molecule has 4 nitrogen and oxygen atoms in total. The van der Waals surface area contributed by atoms with Gasteiger partial charge in [0.05, 0.1) is 6.20 Å².